The van der Waals surface area contributed by atoms with Crippen LogP contribution in [0.3, 0.4) is 0 Å². The van der Waals surface area contributed by atoms with E-state index in [-0.39, 0.29) is 5.56 Å². The van der Waals surface area contributed by atoms with Gasteiger partial charge in [0.25, 0.3) is 0 Å². The van der Waals surface area contributed by atoms with Gasteiger partial charge in [0.05, 0.1) is 36.0 Å². The van der Waals surface area contributed by atoms with Crippen molar-refractivity contribution in [3.8, 4) is 11.4 Å². The predicted octanol–water partition coefficient (Wildman–Crippen LogP) is 0.546. The largest absolute Gasteiger partial charge is 0.478 e. The summed E-state index contributed by atoms with van der Waals surface area (Å²) in [4.78, 5) is 13.8. The molecule has 0 spiro atoms. The molecule has 2 aromatic heterocycles. The second-order valence-corrected chi connectivity index (χ2v) is 3.64. The molecule has 0 atom stereocenters. The highest BCUT2D eigenvalue weighted by Crippen LogP contribution is 2.17. The van der Waals surface area contributed by atoms with Crippen molar-refractivity contribution < 1.29 is 9.90 Å². The molecule has 0 fully saturated rings. The van der Waals surface area contributed by atoms with Crippen LogP contribution in [0.15, 0.2) is 43.0 Å². The molecule has 0 saturated carbocycles. The van der Waals surface area contributed by atoms with Gasteiger partial charge in [-0.1, -0.05) is 0 Å². The van der Waals surface area contributed by atoms with Crippen LogP contribution in [-0.4, -0.2) is 41.1 Å². The summed E-state index contributed by atoms with van der Waals surface area (Å²) in [7, 11) is 0. The molecule has 3 rings (SSSR count). The van der Waals surface area contributed by atoms with E-state index >= 15 is 0 Å². The minimum atomic E-state index is -1.05. The van der Waals surface area contributed by atoms with Crippen LogP contribution in [0.1, 0.15) is 10.4 Å². The maximum atomic E-state index is 11.2. The number of aromatic carboxylic acids is 1. The van der Waals surface area contributed by atoms with Crippen molar-refractivity contribution in [1.29, 1.82) is 0 Å². The SMILES string of the molecule is O=C(O)c1ccc(-n2nccn2)cc1-n1nccn1. The van der Waals surface area contributed by atoms with Crippen molar-refractivity contribution in [2.24, 2.45) is 0 Å². The summed E-state index contributed by atoms with van der Waals surface area (Å²) in [6, 6.07) is 4.71. The highest BCUT2D eigenvalue weighted by molar-refractivity contribution is 5.92. The first-order valence-electron chi connectivity index (χ1n) is 5.36. The lowest BCUT2D eigenvalue weighted by Crippen LogP contribution is -2.10. The average molecular weight is 256 g/mol. The lowest BCUT2D eigenvalue weighted by atomic mass is 10.1. The maximum Gasteiger partial charge on any atom is 0.337 e. The normalized spacial score (nSPS) is 10.5. The van der Waals surface area contributed by atoms with E-state index in [2.05, 4.69) is 20.4 Å². The van der Waals surface area contributed by atoms with Crippen molar-refractivity contribution in [2.45, 2.75) is 0 Å². The summed E-state index contributed by atoms with van der Waals surface area (Å²) in [6.07, 6.45) is 6.03. The van der Waals surface area contributed by atoms with Gasteiger partial charge in [-0.05, 0) is 18.2 Å². The van der Waals surface area contributed by atoms with E-state index in [9.17, 15) is 9.90 Å². The molecule has 0 radical (unpaired) electrons. The highest BCUT2D eigenvalue weighted by Gasteiger charge is 2.14. The van der Waals surface area contributed by atoms with Crippen LogP contribution in [-0.2, 0) is 0 Å². The van der Waals surface area contributed by atoms with E-state index in [1.54, 1.807) is 12.1 Å². The number of hydrogen-bond acceptors (Lipinski definition) is 5. The van der Waals surface area contributed by atoms with Crippen LogP contribution in [0, 0.1) is 0 Å². The highest BCUT2D eigenvalue weighted by atomic mass is 16.4. The number of hydrogen-bond donors (Lipinski definition) is 1. The number of nitrogens with zero attached hydrogens (tertiary/aromatic N) is 6. The van der Waals surface area contributed by atoms with Gasteiger partial charge in [0.1, 0.15) is 5.69 Å². The van der Waals surface area contributed by atoms with Crippen molar-refractivity contribution in [1.82, 2.24) is 30.0 Å². The molecule has 0 aliphatic rings. The van der Waals surface area contributed by atoms with Crippen LogP contribution < -0.4 is 0 Å². The average Bonchev–Trinajstić information content (AvgIpc) is 3.11. The lowest BCUT2D eigenvalue weighted by molar-refractivity contribution is 0.0696. The monoisotopic (exact) mass is 256 g/mol. The molecule has 0 saturated heterocycles. The number of carboxylic acid groups (broad SMARTS) is 1. The summed E-state index contributed by atoms with van der Waals surface area (Å²) in [5.74, 6) is -1.05. The first-order valence-corrected chi connectivity index (χ1v) is 5.36. The standard InChI is InChI=1S/C11H8N6O2/c18-11(19)9-2-1-8(16-12-3-4-13-16)7-10(9)17-14-5-6-15-17/h1-7H,(H,18,19). The molecule has 3 aromatic rings. The van der Waals surface area contributed by atoms with E-state index in [1.807, 2.05) is 0 Å². The van der Waals surface area contributed by atoms with Gasteiger partial charge in [-0.2, -0.15) is 30.0 Å². The molecule has 1 aromatic carbocycles. The van der Waals surface area contributed by atoms with Crippen molar-refractivity contribution >= 4 is 5.97 Å². The zero-order valence-electron chi connectivity index (χ0n) is 9.58. The molecule has 8 heteroatoms. The Morgan fingerprint density at radius 3 is 2.11 bits per heavy atom. The molecule has 19 heavy (non-hydrogen) atoms. The van der Waals surface area contributed by atoms with E-state index in [0.29, 0.717) is 11.4 Å². The molecule has 0 amide bonds. The third-order valence-corrected chi connectivity index (χ3v) is 2.50. The molecular formula is C11H8N6O2. The van der Waals surface area contributed by atoms with Crippen molar-refractivity contribution in [3.63, 3.8) is 0 Å². The van der Waals surface area contributed by atoms with Gasteiger partial charge in [0.15, 0.2) is 0 Å². The molecule has 1 N–H and O–H groups in total. The molecule has 8 nitrogen and oxygen atoms in total. The lowest BCUT2D eigenvalue weighted by Gasteiger charge is -2.07. The second kappa shape index (κ2) is 4.33. The fraction of sp³-hybridized carbons (Fsp3) is 0. The Morgan fingerprint density at radius 1 is 0.947 bits per heavy atom. The van der Waals surface area contributed by atoms with Crippen LogP contribution >= 0.6 is 0 Å². The van der Waals surface area contributed by atoms with Crippen molar-refractivity contribution in [2.75, 3.05) is 0 Å². The molecule has 0 aliphatic heterocycles. The number of rotatable bonds is 3. The number of benzene rings is 1. The van der Waals surface area contributed by atoms with Gasteiger partial charge in [-0.25, -0.2) is 4.79 Å². The molecule has 94 valence electrons. The Kier molecular flexibility index (Phi) is 2.53. The van der Waals surface area contributed by atoms with Gasteiger partial charge in [0.2, 0.25) is 0 Å². The topological polar surface area (TPSA) is 98.7 Å². The minimum absolute atomic E-state index is 0.104. The molecule has 0 bridgehead atoms. The Balaban J connectivity index is 2.18. The zero-order valence-corrected chi connectivity index (χ0v) is 9.58. The van der Waals surface area contributed by atoms with Crippen LogP contribution in [0.2, 0.25) is 0 Å². The number of carbonyl (C=O) groups is 1. The van der Waals surface area contributed by atoms with Crippen molar-refractivity contribution in [3.05, 3.63) is 48.5 Å². The van der Waals surface area contributed by atoms with Gasteiger partial charge in [-0.3, -0.25) is 0 Å². The summed E-state index contributed by atoms with van der Waals surface area (Å²) in [6.45, 7) is 0. The Bertz CT molecular complexity index is 705. The number of carboxylic acids is 1. The minimum Gasteiger partial charge on any atom is -0.478 e. The van der Waals surface area contributed by atoms with Gasteiger partial charge in [0, 0.05) is 0 Å². The van der Waals surface area contributed by atoms with E-state index in [4.69, 9.17) is 0 Å². The van der Waals surface area contributed by atoms with Gasteiger partial charge in [-0.15, -0.1) is 0 Å². The van der Waals surface area contributed by atoms with Crippen LogP contribution in [0.25, 0.3) is 11.4 Å². The second-order valence-electron chi connectivity index (χ2n) is 3.64. The van der Waals surface area contributed by atoms with Crippen LogP contribution in [0.5, 0.6) is 0 Å². The third kappa shape index (κ3) is 1.95. The fourth-order valence-electron chi connectivity index (χ4n) is 1.68. The fourth-order valence-corrected chi connectivity index (χ4v) is 1.68. The quantitative estimate of drug-likeness (QED) is 0.734. The third-order valence-electron chi connectivity index (χ3n) is 2.50. The Morgan fingerprint density at radius 2 is 1.53 bits per heavy atom. The molecular weight excluding hydrogens is 248 g/mol. The van der Waals surface area contributed by atoms with Crippen LogP contribution in [0.4, 0.5) is 0 Å². The molecule has 0 unspecified atom stereocenters. The maximum absolute atomic E-state index is 11.2. The van der Waals surface area contributed by atoms with E-state index < -0.39 is 5.97 Å². The summed E-state index contributed by atoms with van der Waals surface area (Å²) >= 11 is 0. The predicted molar refractivity (Wildman–Crippen MR) is 63.2 cm³/mol. The summed E-state index contributed by atoms with van der Waals surface area (Å²) in [5.41, 5.74) is 1.08. The Labute approximate surface area is 106 Å². The molecule has 0 aliphatic carbocycles. The van der Waals surface area contributed by atoms with E-state index in [1.165, 1.54) is 40.4 Å². The van der Waals surface area contributed by atoms with E-state index in [0.717, 1.165) is 0 Å². The first-order chi connectivity index (χ1) is 9.25. The summed E-state index contributed by atoms with van der Waals surface area (Å²) < 4.78 is 0. The smallest absolute Gasteiger partial charge is 0.337 e. The van der Waals surface area contributed by atoms with Gasteiger partial charge < -0.3 is 5.11 Å². The first kappa shape index (κ1) is 11.1. The molecule has 2 heterocycles. The number of aromatic nitrogens is 6. The summed E-state index contributed by atoms with van der Waals surface area (Å²) in [5, 5.41) is 25.1. The van der Waals surface area contributed by atoms with Gasteiger partial charge >= 0.3 is 5.97 Å². The zero-order chi connectivity index (χ0) is 13.2. The Hall–Kier alpha value is -3.03.